The van der Waals surface area contributed by atoms with Crippen molar-refractivity contribution in [1.82, 2.24) is 4.90 Å². The minimum atomic E-state index is -0.419. The third-order valence-electron chi connectivity index (χ3n) is 7.04. The molecule has 0 saturated carbocycles. The summed E-state index contributed by atoms with van der Waals surface area (Å²) in [5.74, 6) is 0.246. The summed E-state index contributed by atoms with van der Waals surface area (Å²) in [6.07, 6.45) is 4.15. The highest BCUT2D eigenvalue weighted by Gasteiger charge is 2.33. The molecule has 2 heterocycles. The number of amides is 1. The molecule has 2 aromatic carbocycles. The summed E-state index contributed by atoms with van der Waals surface area (Å²) in [6.45, 7) is 7.12. The predicted molar refractivity (Wildman–Crippen MR) is 131 cm³/mol. The Balaban J connectivity index is 1.41. The van der Waals surface area contributed by atoms with Gasteiger partial charge in [0.2, 0.25) is 5.91 Å². The monoisotopic (exact) mass is 435 g/mol. The second-order valence-electron chi connectivity index (χ2n) is 9.35. The molecule has 5 nitrogen and oxygen atoms in total. The number of aliphatic hydroxyl groups is 1. The van der Waals surface area contributed by atoms with Gasteiger partial charge in [-0.1, -0.05) is 50.1 Å². The van der Waals surface area contributed by atoms with Gasteiger partial charge in [0.05, 0.1) is 6.10 Å². The summed E-state index contributed by atoms with van der Waals surface area (Å²) in [6, 6.07) is 16.5. The zero-order valence-electron chi connectivity index (χ0n) is 19.5. The molecular weight excluding hydrogens is 398 g/mol. The van der Waals surface area contributed by atoms with Gasteiger partial charge >= 0.3 is 0 Å². The molecule has 32 heavy (non-hydrogen) atoms. The van der Waals surface area contributed by atoms with E-state index in [0.717, 1.165) is 76.1 Å². The van der Waals surface area contributed by atoms with E-state index >= 15 is 0 Å². The van der Waals surface area contributed by atoms with Crippen LogP contribution in [0.2, 0.25) is 0 Å². The number of unbranched alkanes of at least 4 members (excludes halogenated alkanes) is 1. The quantitative estimate of drug-likeness (QED) is 0.673. The van der Waals surface area contributed by atoms with Gasteiger partial charge in [-0.3, -0.25) is 4.79 Å². The van der Waals surface area contributed by atoms with Crippen molar-refractivity contribution < 1.29 is 9.90 Å². The first kappa shape index (κ1) is 22.8. The van der Waals surface area contributed by atoms with Crippen LogP contribution >= 0.6 is 0 Å². The molecule has 2 fully saturated rings. The van der Waals surface area contributed by atoms with E-state index in [1.807, 2.05) is 29.2 Å². The number of aliphatic hydroxyl groups excluding tert-OH is 1. The van der Waals surface area contributed by atoms with Gasteiger partial charge in [0.15, 0.2) is 0 Å². The van der Waals surface area contributed by atoms with Crippen molar-refractivity contribution in [2.24, 2.45) is 5.92 Å². The van der Waals surface area contributed by atoms with E-state index in [0.29, 0.717) is 0 Å². The fourth-order valence-electron chi connectivity index (χ4n) is 4.93. The van der Waals surface area contributed by atoms with E-state index in [1.54, 1.807) is 0 Å². The second-order valence-corrected chi connectivity index (χ2v) is 9.35. The predicted octanol–water partition coefficient (Wildman–Crippen LogP) is 4.26. The van der Waals surface area contributed by atoms with Crippen LogP contribution in [0.1, 0.15) is 49.8 Å². The first-order valence-corrected chi connectivity index (χ1v) is 12.2. The zero-order chi connectivity index (χ0) is 22.5. The Morgan fingerprint density at radius 2 is 1.72 bits per heavy atom. The van der Waals surface area contributed by atoms with E-state index in [2.05, 4.69) is 48.0 Å². The number of para-hydroxylation sites is 1. The molecule has 2 aliphatic heterocycles. The van der Waals surface area contributed by atoms with E-state index in [1.165, 1.54) is 11.3 Å². The molecule has 2 atom stereocenters. The molecule has 4 rings (SSSR count). The Hall–Kier alpha value is -2.37. The first-order valence-electron chi connectivity index (χ1n) is 12.2. The van der Waals surface area contributed by atoms with Crippen LogP contribution in [0.15, 0.2) is 48.5 Å². The molecule has 0 aromatic heterocycles. The van der Waals surface area contributed by atoms with Crippen molar-refractivity contribution in [2.75, 3.05) is 49.6 Å². The average Bonchev–Trinajstić information content (AvgIpc) is 3.18. The number of carbonyl (C=O) groups excluding carboxylic acids is 1. The molecule has 0 radical (unpaired) electrons. The van der Waals surface area contributed by atoms with Crippen molar-refractivity contribution in [3.63, 3.8) is 0 Å². The lowest BCUT2D eigenvalue weighted by Gasteiger charge is -2.35. The van der Waals surface area contributed by atoms with Gasteiger partial charge in [-0.2, -0.15) is 0 Å². The van der Waals surface area contributed by atoms with E-state index < -0.39 is 6.10 Å². The smallest absolute Gasteiger partial charge is 0.230 e. The number of rotatable bonds is 8. The van der Waals surface area contributed by atoms with Gasteiger partial charge in [-0.05, 0) is 55.6 Å². The lowest BCUT2D eigenvalue weighted by atomic mass is 9.96. The molecule has 5 heteroatoms. The van der Waals surface area contributed by atoms with Crippen molar-refractivity contribution in [3.8, 4) is 0 Å². The van der Waals surface area contributed by atoms with Gasteiger partial charge in [0, 0.05) is 50.0 Å². The summed E-state index contributed by atoms with van der Waals surface area (Å²) in [7, 11) is 2.17. The van der Waals surface area contributed by atoms with Crippen LogP contribution in [-0.4, -0.2) is 55.7 Å². The average molecular weight is 436 g/mol. The molecule has 1 unspecified atom stereocenters. The van der Waals surface area contributed by atoms with Crippen molar-refractivity contribution in [1.29, 1.82) is 0 Å². The maximum absolute atomic E-state index is 13.3. The summed E-state index contributed by atoms with van der Waals surface area (Å²) in [5, 5.41) is 10.3. The third kappa shape index (κ3) is 5.16. The van der Waals surface area contributed by atoms with E-state index in [-0.39, 0.29) is 11.8 Å². The maximum atomic E-state index is 13.3. The van der Waals surface area contributed by atoms with Crippen LogP contribution in [0, 0.1) is 5.92 Å². The van der Waals surface area contributed by atoms with Gasteiger partial charge in [-0.15, -0.1) is 0 Å². The second kappa shape index (κ2) is 10.5. The first-order chi connectivity index (χ1) is 15.6. The van der Waals surface area contributed by atoms with Crippen LogP contribution in [0.3, 0.4) is 0 Å². The van der Waals surface area contributed by atoms with Gasteiger partial charge in [0.1, 0.15) is 0 Å². The highest BCUT2D eigenvalue weighted by molar-refractivity contribution is 5.97. The minimum Gasteiger partial charge on any atom is -0.388 e. The Labute approximate surface area is 192 Å². The Bertz CT molecular complexity index is 890. The zero-order valence-corrected chi connectivity index (χ0v) is 19.5. The number of likely N-dealkylation sites (N-methyl/N-ethyl adjacent to an activating group) is 1. The minimum absolute atomic E-state index is 0.0263. The summed E-state index contributed by atoms with van der Waals surface area (Å²) < 4.78 is 0. The van der Waals surface area contributed by atoms with Crippen molar-refractivity contribution in [3.05, 3.63) is 59.7 Å². The summed E-state index contributed by atoms with van der Waals surface area (Å²) in [5.41, 5.74) is 4.45. The third-order valence-corrected chi connectivity index (χ3v) is 7.04. The van der Waals surface area contributed by atoms with Crippen LogP contribution in [-0.2, 0) is 11.2 Å². The maximum Gasteiger partial charge on any atom is 0.230 e. The van der Waals surface area contributed by atoms with E-state index in [4.69, 9.17) is 0 Å². The molecule has 0 aliphatic carbocycles. The highest BCUT2D eigenvalue weighted by atomic mass is 16.3. The van der Waals surface area contributed by atoms with Gasteiger partial charge in [0.25, 0.3) is 0 Å². The fraction of sp³-hybridized carbons (Fsp3) is 0.519. The van der Waals surface area contributed by atoms with Crippen LogP contribution in [0.5, 0.6) is 0 Å². The lowest BCUT2D eigenvalue weighted by Crippen LogP contribution is -2.44. The van der Waals surface area contributed by atoms with E-state index in [9.17, 15) is 9.90 Å². The summed E-state index contributed by atoms with van der Waals surface area (Å²) in [4.78, 5) is 20.0. The molecule has 172 valence electrons. The number of carbonyl (C=O) groups is 1. The highest BCUT2D eigenvalue weighted by Crippen LogP contribution is 2.32. The molecule has 1 N–H and O–H groups in total. The molecule has 2 aliphatic rings. The van der Waals surface area contributed by atoms with Crippen molar-refractivity contribution in [2.45, 2.75) is 45.1 Å². The number of hydrogen-bond donors (Lipinski definition) is 1. The van der Waals surface area contributed by atoms with Crippen molar-refractivity contribution >= 4 is 17.3 Å². The number of hydrogen-bond acceptors (Lipinski definition) is 4. The topological polar surface area (TPSA) is 47.0 Å². The Morgan fingerprint density at radius 3 is 2.44 bits per heavy atom. The largest absolute Gasteiger partial charge is 0.388 e. The van der Waals surface area contributed by atoms with Crippen LogP contribution in [0.25, 0.3) is 0 Å². The lowest BCUT2D eigenvalue weighted by molar-refractivity contribution is -0.120. The molecule has 0 spiro atoms. The molecule has 2 aromatic rings. The molecule has 2 saturated heterocycles. The van der Waals surface area contributed by atoms with Crippen LogP contribution < -0.4 is 9.80 Å². The normalized spacial score (nSPS) is 20.7. The van der Waals surface area contributed by atoms with Crippen LogP contribution in [0.4, 0.5) is 11.4 Å². The summed E-state index contributed by atoms with van der Waals surface area (Å²) >= 11 is 0. The van der Waals surface area contributed by atoms with Gasteiger partial charge in [-0.25, -0.2) is 0 Å². The molecule has 1 amide bonds. The molecule has 0 bridgehead atoms. The van der Waals surface area contributed by atoms with Gasteiger partial charge < -0.3 is 19.8 Å². The Morgan fingerprint density at radius 1 is 1.00 bits per heavy atom. The number of anilines is 2. The standard InChI is InChI=1S/C27H37N3O2/c1-3-4-9-26(31)21-10-12-24(13-11-21)30-15-14-23(27(30)32)20-22-7-5-6-8-25(22)29-18-16-28(2)17-19-29/h5-8,10-13,23,26,31H,3-4,9,14-20H2,1-2H3/t23?,26-/m0/s1. The SMILES string of the molecule is CCCC[C@H](O)c1ccc(N2CCC(Cc3ccccc3N3CCN(C)CC3)C2=O)cc1. The fourth-order valence-corrected chi connectivity index (χ4v) is 4.93. The number of benzene rings is 2. The Kier molecular flexibility index (Phi) is 7.48. The number of nitrogens with zero attached hydrogens (tertiary/aromatic N) is 3. The molecular formula is C27H37N3O2. The number of piperazine rings is 1.